The van der Waals surface area contributed by atoms with E-state index in [1.54, 1.807) is 0 Å². The van der Waals surface area contributed by atoms with Crippen LogP contribution in [0.2, 0.25) is 0 Å². The van der Waals surface area contributed by atoms with Crippen molar-refractivity contribution in [3.63, 3.8) is 0 Å². The minimum Gasteiger partial charge on any atom is -0.374 e. The summed E-state index contributed by atoms with van der Waals surface area (Å²) in [7, 11) is 0. The number of imide groups is 1. The first kappa shape index (κ1) is 19.1. The summed E-state index contributed by atoms with van der Waals surface area (Å²) in [6.07, 6.45) is -0.0371. The predicted molar refractivity (Wildman–Crippen MR) is 78.9 cm³/mol. The van der Waals surface area contributed by atoms with Gasteiger partial charge in [-0.25, -0.2) is 4.79 Å². The molecular formula is C12H25ClN4O3. The average molecular weight is 309 g/mol. The van der Waals surface area contributed by atoms with E-state index in [1.165, 1.54) is 0 Å². The molecule has 1 rings (SSSR count). The number of carbonyl (C=O) groups excluding carboxylic acids is 2. The van der Waals surface area contributed by atoms with Gasteiger partial charge in [0.05, 0.1) is 19.3 Å². The van der Waals surface area contributed by atoms with Crippen molar-refractivity contribution in [2.75, 3.05) is 32.8 Å². The Morgan fingerprint density at radius 3 is 2.60 bits per heavy atom. The molecule has 1 fully saturated rings. The average Bonchev–Trinajstić information content (AvgIpc) is 2.26. The maximum Gasteiger partial charge on any atom is 0.321 e. The number of nitrogens with zero attached hydrogens (tertiary/aromatic N) is 1. The lowest BCUT2D eigenvalue weighted by atomic mass is 10.1. The molecule has 3 amide bonds. The van der Waals surface area contributed by atoms with Gasteiger partial charge in [0.2, 0.25) is 5.91 Å². The second kappa shape index (κ2) is 8.41. The third kappa shape index (κ3) is 7.64. The van der Waals surface area contributed by atoms with Crippen LogP contribution in [-0.2, 0) is 9.53 Å². The molecule has 0 radical (unpaired) electrons. The highest BCUT2D eigenvalue weighted by Crippen LogP contribution is 2.03. The number of morpholine rings is 1. The minimum atomic E-state index is -0.471. The molecule has 1 aliphatic heterocycles. The Balaban J connectivity index is 0.00000361. The molecular weight excluding hydrogens is 284 g/mol. The molecule has 0 aromatic heterocycles. The minimum absolute atomic E-state index is 0. The predicted octanol–water partition coefficient (Wildman–Crippen LogP) is -0.308. The molecule has 8 heteroatoms. The number of nitrogens with two attached hydrogens (primary N) is 1. The number of hydrogen-bond acceptors (Lipinski definition) is 5. The van der Waals surface area contributed by atoms with E-state index in [0.717, 1.165) is 0 Å². The summed E-state index contributed by atoms with van der Waals surface area (Å²) in [5, 5.41) is 4.99. The molecule has 7 nitrogen and oxygen atoms in total. The lowest BCUT2D eigenvalue weighted by Gasteiger charge is -2.31. The van der Waals surface area contributed by atoms with Crippen molar-refractivity contribution >= 4 is 24.3 Å². The third-order valence-electron chi connectivity index (χ3n) is 2.59. The van der Waals surface area contributed by atoms with Gasteiger partial charge in [0, 0.05) is 25.2 Å². The number of hydrogen-bond donors (Lipinski definition) is 3. The number of nitrogens with one attached hydrogen (secondary N) is 2. The first-order valence-corrected chi connectivity index (χ1v) is 6.46. The van der Waals surface area contributed by atoms with Crippen LogP contribution in [0.25, 0.3) is 0 Å². The van der Waals surface area contributed by atoms with E-state index in [9.17, 15) is 9.59 Å². The molecule has 1 atom stereocenters. The maximum absolute atomic E-state index is 11.7. The van der Waals surface area contributed by atoms with Gasteiger partial charge in [0.25, 0.3) is 0 Å². The van der Waals surface area contributed by atoms with Crippen molar-refractivity contribution in [1.29, 1.82) is 0 Å². The van der Waals surface area contributed by atoms with Crippen molar-refractivity contribution in [2.24, 2.45) is 5.73 Å². The van der Waals surface area contributed by atoms with Gasteiger partial charge in [-0.2, -0.15) is 0 Å². The molecule has 118 valence electrons. The number of rotatable bonds is 3. The fraction of sp³-hybridized carbons (Fsp3) is 0.833. The molecule has 20 heavy (non-hydrogen) atoms. The fourth-order valence-electron chi connectivity index (χ4n) is 1.81. The lowest BCUT2D eigenvalue weighted by Crippen LogP contribution is -2.52. The van der Waals surface area contributed by atoms with E-state index >= 15 is 0 Å². The monoisotopic (exact) mass is 308 g/mol. The molecule has 0 aromatic carbocycles. The summed E-state index contributed by atoms with van der Waals surface area (Å²) in [4.78, 5) is 25.2. The molecule has 0 aliphatic carbocycles. The Morgan fingerprint density at radius 1 is 1.40 bits per heavy atom. The van der Waals surface area contributed by atoms with Gasteiger partial charge in [-0.3, -0.25) is 15.0 Å². The van der Waals surface area contributed by atoms with Crippen LogP contribution in [-0.4, -0.2) is 61.3 Å². The normalized spacial score (nSPS) is 19.9. The maximum atomic E-state index is 11.7. The van der Waals surface area contributed by atoms with Crippen LogP contribution in [0.5, 0.6) is 0 Å². The summed E-state index contributed by atoms with van der Waals surface area (Å²) < 4.78 is 5.41. The Hall–Kier alpha value is -0.890. The number of urea groups is 1. The zero-order chi connectivity index (χ0) is 14.5. The van der Waals surface area contributed by atoms with E-state index in [-0.39, 0.29) is 36.5 Å². The highest BCUT2D eigenvalue weighted by atomic mass is 35.5. The van der Waals surface area contributed by atoms with Crippen LogP contribution in [0.15, 0.2) is 0 Å². The summed E-state index contributed by atoms with van der Waals surface area (Å²) >= 11 is 0. The summed E-state index contributed by atoms with van der Waals surface area (Å²) in [6.45, 7) is 8.01. The second-order valence-electron chi connectivity index (χ2n) is 5.72. The van der Waals surface area contributed by atoms with Crippen LogP contribution in [0.3, 0.4) is 0 Å². The highest BCUT2D eigenvalue weighted by Gasteiger charge is 2.22. The molecule has 1 heterocycles. The summed E-state index contributed by atoms with van der Waals surface area (Å²) in [5.74, 6) is -0.320. The largest absolute Gasteiger partial charge is 0.374 e. The van der Waals surface area contributed by atoms with Gasteiger partial charge in [-0.1, -0.05) is 0 Å². The fourth-order valence-corrected chi connectivity index (χ4v) is 1.81. The number of ether oxygens (including phenoxy) is 1. The molecule has 0 spiro atoms. The van der Waals surface area contributed by atoms with Gasteiger partial charge in [-0.15, -0.1) is 12.4 Å². The van der Waals surface area contributed by atoms with Gasteiger partial charge in [0.1, 0.15) is 0 Å². The molecule has 4 N–H and O–H groups in total. The standard InChI is InChI=1S/C12H24N4O3.ClH/c1-12(2,3)15-11(18)14-10(17)8-16-4-5-19-9(6-13)7-16;/h9H,4-8,13H2,1-3H3,(H2,14,15,17,18);1H. The summed E-state index contributed by atoms with van der Waals surface area (Å²) in [6, 6.07) is -0.471. The van der Waals surface area contributed by atoms with Crippen LogP contribution in [0, 0.1) is 0 Å². The van der Waals surface area contributed by atoms with Gasteiger partial charge >= 0.3 is 6.03 Å². The van der Waals surface area contributed by atoms with E-state index in [4.69, 9.17) is 10.5 Å². The molecule has 0 saturated carbocycles. The first-order valence-electron chi connectivity index (χ1n) is 6.46. The number of amides is 3. The first-order chi connectivity index (χ1) is 8.80. The van der Waals surface area contributed by atoms with Crippen LogP contribution < -0.4 is 16.4 Å². The van der Waals surface area contributed by atoms with Crippen molar-refractivity contribution in [1.82, 2.24) is 15.5 Å². The van der Waals surface area contributed by atoms with Gasteiger partial charge < -0.3 is 15.8 Å². The molecule has 1 aliphatic rings. The van der Waals surface area contributed by atoms with E-state index in [1.807, 2.05) is 25.7 Å². The third-order valence-corrected chi connectivity index (χ3v) is 2.59. The SMILES string of the molecule is CC(C)(C)NC(=O)NC(=O)CN1CCOC(CN)C1.Cl. The molecule has 0 aromatic rings. The zero-order valence-corrected chi connectivity index (χ0v) is 13.1. The second-order valence-corrected chi connectivity index (χ2v) is 5.72. The van der Waals surface area contributed by atoms with E-state index in [2.05, 4.69) is 10.6 Å². The van der Waals surface area contributed by atoms with Crippen molar-refractivity contribution in [2.45, 2.75) is 32.4 Å². The van der Waals surface area contributed by atoms with E-state index in [0.29, 0.717) is 26.2 Å². The highest BCUT2D eigenvalue weighted by molar-refractivity contribution is 5.95. The van der Waals surface area contributed by atoms with Crippen molar-refractivity contribution < 1.29 is 14.3 Å². The number of carbonyl (C=O) groups is 2. The van der Waals surface area contributed by atoms with Gasteiger partial charge in [-0.05, 0) is 20.8 Å². The topological polar surface area (TPSA) is 96.7 Å². The smallest absolute Gasteiger partial charge is 0.321 e. The zero-order valence-electron chi connectivity index (χ0n) is 12.3. The lowest BCUT2D eigenvalue weighted by molar-refractivity contribution is -0.123. The van der Waals surface area contributed by atoms with Crippen molar-refractivity contribution in [3.05, 3.63) is 0 Å². The molecule has 1 saturated heterocycles. The Kier molecular flexibility index (Phi) is 8.03. The Morgan fingerprint density at radius 2 is 2.05 bits per heavy atom. The Labute approximate surface area is 126 Å². The quantitative estimate of drug-likeness (QED) is 0.665. The van der Waals surface area contributed by atoms with E-state index < -0.39 is 6.03 Å². The number of halogens is 1. The van der Waals surface area contributed by atoms with Crippen LogP contribution in [0.4, 0.5) is 4.79 Å². The van der Waals surface area contributed by atoms with Crippen molar-refractivity contribution in [3.8, 4) is 0 Å². The summed E-state index contributed by atoms with van der Waals surface area (Å²) in [5.41, 5.74) is 5.16. The molecule has 1 unspecified atom stereocenters. The Bertz CT molecular complexity index is 333. The molecule has 0 bridgehead atoms. The van der Waals surface area contributed by atoms with Gasteiger partial charge in [0.15, 0.2) is 0 Å². The van der Waals surface area contributed by atoms with Crippen LogP contribution in [0.1, 0.15) is 20.8 Å². The van der Waals surface area contributed by atoms with Crippen LogP contribution >= 0.6 is 12.4 Å².